The molecule has 0 amide bonds. The highest BCUT2D eigenvalue weighted by Gasteiger charge is 2.25. The minimum absolute atomic E-state index is 0.137. The third-order valence-electron chi connectivity index (χ3n) is 6.91. The number of anilines is 1. The molecule has 10 heteroatoms. The average molecular weight is 499 g/mol. The first-order valence-corrected chi connectivity index (χ1v) is 12.2. The topological polar surface area (TPSA) is 86.8 Å². The zero-order valence-electron chi connectivity index (χ0n) is 21.2. The Morgan fingerprint density at radius 1 is 1.08 bits per heavy atom. The number of aromatic nitrogens is 7. The van der Waals surface area contributed by atoms with Crippen molar-refractivity contribution in [2.75, 3.05) is 24.7 Å². The molecule has 1 fully saturated rings. The van der Waals surface area contributed by atoms with E-state index in [0.29, 0.717) is 37.0 Å². The van der Waals surface area contributed by atoms with Crippen molar-refractivity contribution in [3.05, 3.63) is 66.0 Å². The van der Waals surface area contributed by atoms with E-state index in [1.165, 1.54) is 12.1 Å². The molecule has 188 valence electrons. The molecule has 0 unspecified atom stereocenters. The normalized spacial score (nSPS) is 16.0. The van der Waals surface area contributed by atoms with E-state index >= 15 is 0 Å². The van der Waals surface area contributed by atoms with E-state index in [1.807, 2.05) is 55.9 Å². The van der Waals surface area contributed by atoms with Crippen molar-refractivity contribution in [2.24, 2.45) is 7.05 Å². The average Bonchev–Trinajstić information content (AvgIpc) is 3.42. The van der Waals surface area contributed by atoms with E-state index in [9.17, 15) is 4.39 Å². The smallest absolute Gasteiger partial charge is 0.175 e. The van der Waals surface area contributed by atoms with Crippen LogP contribution in [0.5, 0.6) is 0 Å². The van der Waals surface area contributed by atoms with Crippen molar-refractivity contribution >= 4 is 16.7 Å². The molecular formula is C27H27FN8O. The van der Waals surface area contributed by atoms with E-state index in [1.54, 1.807) is 10.9 Å². The lowest BCUT2D eigenvalue weighted by molar-refractivity contribution is 0.0985. The number of fused-ring (bicyclic) bond motifs is 1. The molecule has 0 aliphatic carbocycles. The van der Waals surface area contributed by atoms with Crippen LogP contribution in [-0.2, 0) is 11.8 Å². The van der Waals surface area contributed by atoms with Gasteiger partial charge in [-0.05, 0) is 51.1 Å². The molecule has 4 aromatic heterocycles. The first kappa shape index (κ1) is 23.2. The molecule has 1 atom stereocenters. The molecule has 1 saturated heterocycles. The Hall–Kier alpha value is -4.18. The number of ether oxygens (including phenoxy) is 1. The van der Waals surface area contributed by atoms with E-state index in [4.69, 9.17) is 19.8 Å². The summed E-state index contributed by atoms with van der Waals surface area (Å²) in [7, 11) is 1.90. The highest BCUT2D eigenvalue weighted by molar-refractivity contribution is 5.94. The lowest BCUT2D eigenvalue weighted by atomic mass is 10.1. The lowest BCUT2D eigenvalue weighted by Gasteiger charge is -2.34. The number of halogens is 1. The van der Waals surface area contributed by atoms with Crippen LogP contribution in [0.1, 0.15) is 18.3 Å². The largest absolute Gasteiger partial charge is 0.377 e. The minimum Gasteiger partial charge on any atom is -0.377 e. The molecule has 0 saturated carbocycles. The molecule has 0 spiro atoms. The number of hydrogen-bond donors (Lipinski definition) is 0. The Balaban J connectivity index is 1.58. The summed E-state index contributed by atoms with van der Waals surface area (Å²) in [4.78, 5) is 12.2. The number of hydrogen-bond acceptors (Lipinski definition) is 7. The second kappa shape index (κ2) is 9.04. The maximum Gasteiger partial charge on any atom is 0.175 e. The molecular weight excluding hydrogens is 471 g/mol. The predicted molar refractivity (Wildman–Crippen MR) is 139 cm³/mol. The van der Waals surface area contributed by atoms with Crippen LogP contribution in [0.25, 0.3) is 39.4 Å². The fourth-order valence-electron chi connectivity index (χ4n) is 5.06. The van der Waals surface area contributed by atoms with Gasteiger partial charge < -0.3 is 14.2 Å². The van der Waals surface area contributed by atoms with Gasteiger partial charge in [0, 0.05) is 48.6 Å². The van der Waals surface area contributed by atoms with Gasteiger partial charge in [0.25, 0.3) is 0 Å². The van der Waals surface area contributed by atoms with Crippen molar-refractivity contribution < 1.29 is 9.13 Å². The summed E-state index contributed by atoms with van der Waals surface area (Å²) in [5, 5.41) is 13.9. The van der Waals surface area contributed by atoms with Crippen LogP contribution >= 0.6 is 0 Å². The van der Waals surface area contributed by atoms with Crippen molar-refractivity contribution in [2.45, 2.75) is 26.8 Å². The number of benzene rings is 1. The van der Waals surface area contributed by atoms with Crippen molar-refractivity contribution in [3.63, 3.8) is 0 Å². The second-order valence-electron chi connectivity index (χ2n) is 9.40. The Morgan fingerprint density at radius 3 is 2.73 bits per heavy atom. The number of aryl methyl sites for hydroxylation is 2. The van der Waals surface area contributed by atoms with Gasteiger partial charge in [-0.15, -0.1) is 5.10 Å². The van der Waals surface area contributed by atoms with Crippen molar-refractivity contribution in [1.82, 2.24) is 34.5 Å². The quantitative estimate of drug-likeness (QED) is 0.366. The standard InChI is InChI=1S/C27H27FN8O/c1-16-15-37-11-10-35(16)25-14-22(26-17(2)33-36(18(26)3)24-6-5-8-29-32-24)30-27(31-25)21-12-19(28)13-23-20(21)7-9-34(23)4/h5-9,12-14,16H,10-11,15H2,1-4H3/t16-/m1/s1. The highest BCUT2D eigenvalue weighted by Crippen LogP contribution is 2.34. The molecule has 9 nitrogen and oxygen atoms in total. The fourth-order valence-corrected chi connectivity index (χ4v) is 5.06. The first-order valence-electron chi connectivity index (χ1n) is 12.2. The monoisotopic (exact) mass is 498 g/mol. The van der Waals surface area contributed by atoms with Crippen LogP contribution in [0.15, 0.2) is 48.8 Å². The molecule has 5 aromatic rings. The van der Waals surface area contributed by atoms with Crippen LogP contribution in [0, 0.1) is 19.7 Å². The fraction of sp³-hybridized carbons (Fsp3) is 0.296. The molecule has 6 rings (SSSR count). The third kappa shape index (κ3) is 4.03. The summed E-state index contributed by atoms with van der Waals surface area (Å²) in [5.41, 5.74) is 4.73. The van der Waals surface area contributed by atoms with Crippen LogP contribution in [0.4, 0.5) is 10.2 Å². The van der Waals surface area contributed by atoms with Gasteiger partial charge >= 0.3 is 0 Å². The molecule has 5 heterocycles. The maximum absolute atomic E-state index is 14.8. The van der Waals surface area contributed by atoms with Gasteiger partial charge in [0.15, 0.2) is 11.6 Å². The zero-order chi connectivity index (χ0) is 25.7. The second-order valence-corrected chi connectivity index (χ2v) is 9.40. The Kier molecular flexibility index (Phi) is 5.68. The molecule has 0 bridgehead atoms. The summed E-state index contributed by atoms with van der Waals surface area (Å²) in [6, 6.07) is 10.8. The van der Waals surface area contributed by atoms with Crippen molar-refractivity contribution in [1.29, 1.82) is 0 Å². The van der Waals surface area contributed by atoms with E-state index in [2.05, 4.69) is 22.0 Å². The highest BCUT2D eigenvalue weighted by atomic mass is 19.1. The molecule has 0 radical (unpaired) electrons. The minimum atomic E-state index is -0.331. The van der Waals surface area contributed by atoms with Gasteiger partial charge in [-0.1, -0.05) is 0 Å². The van der Waals surface area contributed by atoms with Gasteiger partial charge in [-0.25, -0.2) is 19.0 Å². The van der Waals surface area contributed by atoms with Crippen LogP contribution in [0.3, 0.4) is 0 Å². The summed E-state index contributed by atoms with van der Waals surface area (Å²) in [5.74, 6) is 1.53. The van der Waals surface area contributed by atoms with Gasteiger partial charge in [0.1, 0.15) is 11.6 Å². The Labute approximate surface area is 213 Å². The summed E-state index contributed by atoms with van der Waals surface area (Å²) >= 11 is 0. The first-order chi connectivity index (χ1) is 17.9. The number of nitrogens with zero attached hydrogens (tertiary/aromatic N) is 8. The molecule has 1 aromatic carbocycles. The van der Waals surface area contributed by atoms with Crippen LogP contribution < -0.4 is 4.90 Å². The van der Waals surface area contributed by atoms with Crippen molar-refractivity contribution in [3.8, 4) is 28.5 Å². The molecule has 1 aliphatic heterocycles. The van der Waals surface area contributed by atoms with Crippen LogP contribution in [-0.4, -0.2) is 60.3 Å². The van der Waals surface area contributed by atoms with Gasteiger partial charge in [-0.2, -0.15) is 10.2 Å². The summed E-state index contributed by atoms with van der Waals surface area (Å²) in [6.45, 7) is 7.98. The van der Waals surface area contributed by atoms with Gasteiger partial charge in [0.2, 0.25) is 0 Å². The SMILES string of the molecule is Cc1nn(-c2cccnn2)c(C)c1-c1cc(N2CCOC[C@H]2C)nc(-c2cc(F)cc3c2ccn3C)n1. The number of morpholine rings is 1. The van der Waals surface area contributed by atoms with E-state index in [-0.39, 0.29) is 11.9 Å². The molecule has 37 heavy (non-hydrogen) atoms. The van der Waals surface area contributed by atoms with Gasteiger partial charge in [-0.3, -0.25) is 0 Å². The van der Waals surface area contributed by atoms with Crippen LogP contribution in [0.2, 0.25) is 0 Å². The molecule has 1 aliphatic rings. The summed E-state index contributed by atoms with van der Waals surface area (Å²) in [6.07, 6.45) is 3.55. The van der Waals surface area contributed by atoms with Gasteiger partial charge in [0.05, 0.1) is 41.9 Å². The predicted octanol–water partition coefficient (Wildman–Crippen LogP) is 4.26. The number of rotatable bonds is 4. The summed E-state index contributed by atoms with van der Waals surface area (Å²) < 4.78 is 24.1. The maximum atomic E-state index is 14.8. The van der Waals surface area contributed by atoms with E-state index in [0.717, 1.165) is 39.4 Å². The Bertz CT molecular complexity index is 1610. The van der Waals surface area contributed by atoms with E-state index < -0.39 is 0 Å². The lowest BCUT2D eigenvalue weighted by Crippen LogP contribution is -2.44. The Morgan fingerprint density at radius 2 is 1.95 bits per heavy atom. The zero-order valence-corrected chi connectivity index (χ0v) is 21.2. The third-order valence-corrected chi connectivity index (χ3v) is 6.91. The molecule has 0 N–H and O–H groups in total.